The average molecular weight is 841 g/mol. The number of aromatic nitrogens is 4. The Morgan fingerprint density at radius 1 is 0.258 bits per heavy atom. The van der Waals surface area contributed by atoms with Gasteiger partial charge in [-0.2, -0.15) is 0 Å². The SMILES string of the molecule is c1ccc(-c2cc(-c3cccc(-n4c5ccccc5c5ccc(-c6ccc7c(c6)c6ccccc6n7-c6ccc(-c7cccc8ccccc78)cc6)cc54)c3)nc(-c3ccccc3)n2)cc1. The van der Waals surface area contributed by atoms with Gasteiger partial charge in [-0.3, -0.25) is 0 Å². The molecule has 0 bridgehead atoms. The molecule has 0 saturated heterocycles. The first-order valence-electron chi connectivity index (χ1n) is 22.5. The molecule has 0 saturated carbocycles. The van der Waals surface area contributed by atoms with Crippen LogP contribution in [0.3, 0.4) is 0 Å². The van der Waals surface area contributed by atoms with Crippen molar-refractivity contribution in [1.29, 1.82) is 0 Å². The largest absolute Gasteiger partial charge is 0.309 e. The highest BCUT2D eigenvalue weighted by Crippen LogP contribution is 2.40. The minimum Gasteiger partial charge on any atom is -0.309 e. The maximum Gasteiger partial charge on any atom is 0.160 e. The van der Waals surface area contributed by atoms with Gasteiger partial charge in [-0.1, -0.05) is 182 Å². The van der Waals surface area contributed by atoms with Gasteiger partial charge in [0.1, 0.15) is 0 Å². The Morgan fingerprint density at radius 2 is 0.788 bits per heavy atom. The molecule has 13 rings (SSSR count). The smallest absolute Gasteiger partial charge is 0.160 e. The molecule has 3 aromatic heterocycles. The molecular weight excluding hydrogens is 801 g/mol. The van der Waals surface area contributed by atoms with Crippen LogP contribution in [0.4, 0.5) is 0 Å². The number of para-hydroxylation sites is 2. The second kappa shape index (κ2) is 15.4. The molecule has 4 nitrogen and oxygen atoms in total. The van der Waals surface area contributed by atoms with Crippen molar-refractivity contribution in [3.63, 3.8) is 0 Å². The van der Waals surface area contributed by atoms with Crippen LogP contribution in [-0.2, 0) is 0 Å². The van der Waals surface area contributed by atoms with Crippen molar-refractivity contribution in [2.45, 2.75) is 0 Å². The van der Waals surface area contributed by atoms with Crippen molar-refractivity contribution < 1.29 is 0 Å². The van der Waals surface area contributed by atoms with Gasteiger partial charge in [0.15, 0.2) is 5.82 Å². The van der Waals surface area contributed by atoms with E-state index in [1.807, 2.05) is 24.3 Å². The van der Waals surface area contributed by atoms with E-state index in [1.165, 1.54) is 60.0 Å². The van der Waals surface area contributed by atoms with Crippen molar-refractivity contribution in [3.8, 4) is 67.5 Å². The van der Waals surface area contributed by atoms with E-state index in [2.05, 4.69) is 228 Å². The maximum absolute atomic E-state index is 5.17. The first-order valence-corrected chi connectivity index (χ1v) is 22.5. The lowest BCUT2D eigenvalue weighted by Gasteiger charge is -2.13. The number of fused-ring (bicyclic) bond motifs is 7. The molecule has 308 valence electrons. The summed E-state index contributed by atoms with van der Waals surface area (Å²) in [6, 6.07) is 87.0. The first-order chi connectivity index (χ1) is 32.7. The van der Waals surface area contributed by atoms with E-state index >= 15 is 0 Å². The zero-order valence-electron chi connectivity index (χ0n) is 35.9. The van der Waals surface area contributed by atoms with Gasteiger partial charge in [0.2, 0.25) is 0 Å². The Balaban J connectivity index is 0.922. The molecule has 0 fully saturated rings. The van der Waals surface area contributed by atoms with Crippen molar-refractivity contribution in [2.75, 3.05) is 0 Å². The van der Waals surface area contributed by atoms with Gasteiger partial charge in [-0.05, 0) is 93.7 Å². The van der Waals surface area contributed by atoms with Crippen LogP contribution < -0.4 is 0 Å². The van der Waals surface area contributed by atoms with Crippen molar-refractivity contribution in [3.05, 3.63) is 243 Å². The molecule has 4 heteroatoms. The quantitative estimate of drug-likeness (QED) is 0.160. The van der Waals surface area contributed by atoms with E-state index in [0.29, 0.717) is 5.82 Å². The molecule has 0 N–H and O–H groups in total. The lowest BCUT2D eigenvalue weighted by Crippen LogP contribution is -1.98. The monoisotopic (exact) mass is 840 g/mol. The van der Waals surface area contributed by atoms with E-state index < -0.39 is 0 Å². The normalized spacial score (nSPS) is 11.6. The molecule has 0 radical (unpaired) electrons. The summed E-state index contributed by atoms with van der Waals surface area (Å²) in [7, 11) is 0. The average Bonchev–Trinajstić information content (AvgIpc) is 3.91. The standard InChI is InChI=1S/C62H40N4/c1-3-16-43(17-4-1)56-40-57(64-62(63-56)44-18-5-2-6-19-44)47-21-13-22-49(37-47)66-58-27-11-9-24-52(58)54-35-31-46(39-61(54)66)45-32-36-60-55(38-45)53-25-10-12-28-59(53)65(60)48-33-29-42(30-34-48)51-26-14-20-41-15-7-8-23-50(41)51/h1-40H. The van der Waals surface area contributed by atoms with Crippen LogP contribution in [0.25, 0.3) is 122 Å². The lowest BCUT2D eigenvalue weighted by atomic mass is 9.98. The van der Waals surface area contributed by atoms with E-state index in [-0.39, 0.29) is 0 Å². The zero-order valence-corrected chi connectivity index (χ0v) is 35.9. The van der Waals surface area contributed by atoms with Crippen LogP contribution in [0, 0.1) is 0 Å². The van der Waals surface area contributed by atoms with E-state index in [4.69, 9.17) is 9.97 Å². The first kappa shape index (κ1) is 37.7. The maximum atomic E-state index is 5.17. The summed E-state index contributed by atoms with van der Waals surface area (Å²) >= 11 is 0. The fourth-order valence-corrected chi connectivity index (χ4v) is 10.00. The lowest BCUT2D eigenvalue weighted by molar-refractivity contribution is 1.16. The Hall–Kier alpha value is -8.86. The molecule has 0 aliphatic carbocycles. The topological polar surface area (TPSA) is 35.6 Å². The van der Waals surface area contributed by atoms with Crippen molar-refractivity contribution >= 4 is 54.4 Å². The second-order valence-electron chi connectivity index (χ2n) is 17.0. The van der Waals surface area contributed by atoms with Crippen LogP contribution >= 0.6 is 0 Å². The summed E-state index contributed by atoms with van der Waals surface area (Å²) in [6.45, 7) is 0. The predicted molar refractivity (Wildman–Crippen MR) is 275 cm³/mol. The van der Waals surface area contributed by atoms with Gasteiger partial charge in [0.05, 0.1) is 33.5 Å². The molecule has 13 aromatic rings. The fourth-order valence-electron chi connectivity index (χ4n) is 10.00. The third-order valence-electron chi connectivity index (χ3n) is 13.1. The highest BCUT2D eigenvalue weighted by molar-refractivity contribution is 6.12. The molecular formula is C62H40N4. The van der Waals surface area contributed by atoms with E-state index in [1.54, 1.807) is 0 Å². The van der Waals surface area contributed by atoms with Crippen LogP contribution in [0.5, 0.6) is 0 Å². The third kappa shape index (κ3) is 6.30. The molecule has 3 heterocycles. The molecule has 0 aliphatic heterocycles. The number of hydrogen-bond acceptors (Lipinski definition) is 2. The molecule has 0 unspecified atom stereocenters. The predicted octanol–water partition coefficient (Wildman–Crippen LogP) is 16.2. The Morgan fingerprint density at radius 3 is 1.56 bits per heavy atom. The molecule has 0 atom stereocenters. The Bertz CT molecular complexity index is 3910. The summed E-state index contributed by atoms with van der Waals surface area (Å²) < 4.78 is 4.81. The molecule has 0 aliphatic rings. The minimum atomic E-state index is 0.703. The van der Waals surface area contributed by atoms with Crippen LogP contribution in [0.15, 0.2) is 243 Å². The highest BCUT2D eigenvalue weighted by atomic mass is 15.0. The van der Waals surface area contributed by atoms with Crippen molar-refractivity contribution in [2.24, 2.45) is 0 Å². The van der Waals surface area contributed by atoms with Crippen LogP contribution in [-0.4, -0.2) is 19.1 Å². The summed E-state index contributed by atoms with van der Waals surface area (Å²) in [4.78, 5) is 10.2. The van der Waals surface area contributed by atoms with Gasteiger partial charge in [-0.15, -0.1) is 0 Å². The van der Waals surface area contributed by atoms with Gasteiger partial charge < -0.3 is 9.13 Å². The van der Waals surface area contributed by atoms with Crippen molar-refractivity contribution in [1.82, 2.24) is 19.1 Å². The second-order valence-corrected chi connectivity index (χ2v) is 17.0. The van der Waals surface area contributed by atoms with Gasteiger partial charge in [0.25, 0.3) is 0 Å². The molecule has 10 aromatic carbocycles. The third-order valence-corrected chi connectivity index (χ3v) is 13.1. The van der Waals surface area contributed by atoms with Crippen LogP contribution in [0.2, 0.25) is 0 Å². The number of hydrogen-bond donors (Lipinski definition) is 0. The molecule has 0 amide bonds. The van der Waals surface area contributed by atoms with Crippen LogP contribution in [0.1, 0.15) is 0 Å². The fraction of sp³-hybridized carbons (Fsp3) is 0. The van der Waals surface area contributed by atoms with Gasteiger partial charge >= 0.3 is 0 Å². The minimum absolute atomic E-state index is 0.703. The van der Waals surface area contributed by atoms with Gasteiger partial charge in [-0.25, -0.2) is 9.97 Å². The van der Waals surface area contributed by atoms with Gasteiger partial charge in [0, 0.05) is 49.6 Å². The highest BCUT2D eigenvalue weighted by Gasteiger charge is 2.18. The summed E-state index contributed by atoms with van der Waals surface area (Å²) in [5, 5.41) is 7.40. The number of nitrogens with zero attached hydrogens (tertiary/aromatic N) is 4. The molecule has 0 spiro atoms. The van der Waals surface area contributed by atoms with E-state index in [0.717, 1.165) is 56.0 Å². The number of benzene rings is 10. The Kier molecular flexibility index (Phi) is 8.81. The summed E-state index contributed by atoms with van der Waals surface area (Å²) in [5.41, 5.74) is 16.5. The molecule has 66 heavy (non-hydrogen) atoms. The Labute approximate surface area is 382 Å². The number of rotatable bonds is 7. The summed E-state index contributed by atoms with van der Waals surface area (Å²) in [5.74, 6) is 0.703. The summed E-state index contributed by atoms with van der Waals surface area (Å²) in [6.07, 6.45) is 0. The van der Waals surface area contributed by atoms with E-state index in [9.17, 15) is 0 Å². The zero-order chi connectivity index (χ0) is 43.6.